The van der Waals surface area contributed by atoms with Crippen LogP contribution >= 0.6 is 12.4 Å². The highest BCUT2D eigenvalue weighted by Crippen LogP contribution is 2.27. The van der Waals surface area contributed by atoms with E-state index < -0.39 is 0 Å². The molecule has 1 saturated heterocycles. The molecule has 0 aromatic rings. The van der Waals surface area contributed by atoms with Gasteiger partial charge in [0.15, 0.2) is 0 Å². The van der Waals surface area contributed by atoms with E-state index in [-0.39, 0.29) is 36.2 Å². The summed E-state index contributed by atoms with van der Waals surface area (Å²) in [5, 5.41) is 9.67. The molecular weight excluding hydrogens is 338 g/mol. The second-order valence-corrected chi connectivity index (χ2v) is 8.02. The average molecular weight is 372 g/mol. The molecule has 3 fully saturated rings. The number of nitrogens with one attached hydrogen (secondary N) is 3. The van der Waals surface area contributed by atoms with E-state index in [9.17, 15) is 9.59 Å². The highest BCUT2D eigenvalue weighted by Gasteiger charge is 2.29. The predicted molar refractivity (Wildman–Crippen MR) is 102 cm³/mol. The lowest BCUT2D eigenvalue weighted by Gasteiger charge is -2.30. The molecule has 6 heteroatoms. The van der Waals surface area contributed by atoms with Crippen LogP contribution < -0.4 is 16.0 Å². The lowest BCUT2D eigenvalue weighted by molar-refractivity contribution is -0.126. The third-order valence-corrected chi connectivity index (χ3v) is 6.07. The molecule has 1 heterocycles. The van der Waals surface area contributed by atoms with Crippen molar-refractivity contribution in [2.75, 3.05) is 13.1 Å². The summed E-state index contributed by atoms with van der Waals surface area (Å²) >= 11 is 0. The van der Waals surface area contributed by atoms with Gasteiger partial charge in [0.25, 0.3) is 0 Å². The molecule has 0 aromatic heterocycles. The number of hydrogen-bond acceptors (Lipinski definition) is 3. The van der Waals surface area contributed by atoms with Gasteiger partial charge in [0.05, 0.1) is 0 Å². The normalized spacial score (nSPS) is 30.3. The fourth-order valence-corrected chi connectivity index (χ4v) is 4.54. The van der Waals surface area contributed by atoms with Gasteiger partial charge >= 0.3 is 0 Å². The quantitative estimate of drug-likeness (QED) is 0.695. The maximum atomic E-state index is 12.3. The minimum Gasteiger partial charge on any atom is -0.353 e. The molecule has 3 N–H and O–H groups in total. The summed E-state index contributed by atoms with van der Waals surface area (Å²) < 4.78 is 0. The van der Waals surface area contributed by atoms with E-state index in [2.05, 4.69) is 16.0 Å². The van der Waals surface area contributed by atoms with Crippen LogP contribution in [0.25, 0.3) is 0 Å². The van der Waals surface area contributed by atoms with Crippen molar-refractivity contribution in [3.05, 3.63) is 0 Å². The van der Waals surface area contributed by atoms with Crippen molar-refractivity contribution in [3.63, 3.8) is 0 Å². The van der Waals surface area contributed by atoms with Gasteiger partial charge in [-0.15, -0.1) is 12.4 Å². The van der Waals surface area contributed by atoms with Gasteiger partial charge in [-0.2, -0.15) is 0 Å². The maximum Gasteiger partial charge on any atom is 0.223 e. The zero-order valence-corrected chi connectivity index (χ0v) is 16.0. The van der Waals surface area contributed by atoms with Crippen molar-refractivity contribution in [3.8, 4) is 0 Å². The van der Waals surface area contributed by atoms with Crippen LogP contribution in [0.3, 0.4) is 0 Å². The van der Waals surface area contributed by atoms with Crippen LogP contribution in [0, 0.1) is 11.8 Å². The Labute approximate surface area is 157 Å². The third-order valence-electron chi connectivity index (χ3n) is 6.07. The van der Waals surface area contributed by atoms with Crippen molar-refractivity contribution >= 4 is 24.2 Å². The molecule has 1 atom stereocenters. The first-order valence-electron chi connectivity index (χ1n) is 10.0. The molecule has 144 valence electrons. The van der Waals surface area contributed by atoms with E-state index in [1.165, 1.54) is 32.1 Å². The molecule has 2 saturated carbocycles. The molecule has 2 aliphatic carbocycles. The SMILES string of the molecule is Cl.O=C(CC1CCCCC1)NC1CCC(C(=O)NC2CCNC2)CC1. The zero-order chi connectivity index (χ0) is 16.8. The van der Waals surface area contributed by atoms with E-state index >= 15 is 0 Å². The molecule has 25 heavy (non-hydrogen) atoms. The lowest BCUT2D eigenvalue weighted by atomic mass is 9.84. The Kier molecular flexibility index (Phi) is 8.50. The summed E-state index contributed by atoms with van der Waals surface area (Å²) in [6.45, 7) is 1.91. The highest BCUT2D eigenvalue weighted by atomic mass is 35.5. The van der Waals surface area contributed by atoms with E-state index in [4.69, 9.17) is 0 Å². The molecule has 1 unspecified atom stereocenters. The second-order valence-electron chi connectivity index (χ2n) is 8.02. The standard InChI is InChI=1S/C19H33N3O2.ClH/c23-18(12-14-4-2-1-3-5-14)21-16-8-6-15(7-9-16)19(24)22-17-10-11-20-13-17;/h14-17,20H,1-13H2,(H,21,23)(H,22,24);1H. The summed E-state index contributed by atoms with van der Waals surface area (Å²) in [4.78, 5) is 24.5. The molecule has 0 aromatic carbocycles. The minimum atomic E-state index is 0. The first-order chi connectivity index (χ1) is 11.7. The predicted octanol–water partition coefficient (Wildman–Crippen LogP) is 2.53. The summed E-state index contributed by atoms with van der Waals surface area (Å²) in [6, 6.07) is 0.587. The van der Waals surface area contributed by atoms with Crippen LogP contribution in [0.5, 0.6) is 0 Å². The van der Waals surface area contributed by atoms with Crippen molar-refractivity contribution in [1.82, 2.24) is 16.0 Å². The molecule has 3 aliphatic rings. The van der Waals surface area contributed by atoms with Gasteiger partial charge in [0.1, 0.15) is 0 Å². The Hall–Kier alpha value is -0.810. The topological polar surface area (TPSA) is 70.2 Å². The third kappa shape index (κ3) is 6.45. The van der Waals surface area contributed by atoms with Crippen LogP contribution in [-0.2, 0) is 9.59 Å². The Morgan fingerprint density at radius 2 is 1.56 bits per heavy atom. The highest BCUT2D eigenvalue weighted by molar-refractivity contribution is 5.85. The van der Waals surface area contributed by atoms with Crippen LogP contribution in [0.15, 0.2) is 0 Å². The van der Waals surface area contributed by atoms with Crippen molar-refractivity contribution < 1.29 is 9.59 Å². The number of halogens is 1. The van der Waals surface area contributed by atoms with Gasteiger partial charge in [-0.25, -0.2) is 0 Å². The fraction of sp³-hybridized carbons (Fsp3) is 0.895. The fourth-order valence-electron chi connectivity index (χ4n) is 4.54. The number of carbonyl (C=O) groups is 2. The second kappa shape index (κ2) is 10.4. The Morgan fingerprint density at radius 3 is 2.20 bits per heavy atom. The molecule has 1 aliphatic heterocycles. The number of amides is 2. The van der Waals surface area contributed by atoms with E-state index in [1.54, 1.807) is 0 Å². The van der Waals surface area contributed by atoms with Gasteiger partial charge in [-0.1, -0.05) is 19.3 Å². The summed E-state index contributed by atoms with van der Waals surface area (Å²) in [6.07, 6.45) is 11.8. The number of rotatable bonds is 5. The van der Waals surface area contributed by atoms with Crippen LogP contribution in [-0.4, -0.2) is 37.0 Å². The lowest BCUT2D eigenvalue weighted by Crippen LogP contribution is -2.44. The van der Waals surface area contributed by atoms with Crippen molar-refractivity contribution in [2.24, 2.45) is 11.8 Å². The molecular formula is C19H34ClN3O2. The summed E-state index contributed by atoms with van der Waals surface area (Å²) in [7, 11) is 0. The molecule has 3 rings (SSSR count). The first kappa shape index (κ1) is 20.5. The summed E-state index contributed by atoms with van der Waals surface area (Å²) in [5.74, 6) is 1.18. The first-order valence-corrected chi connectivity index (χ1v) is 10.0. The smallest absolute Gasteiger partial charge is 0.223 e. The van der Waals surface area contributed by atoms with Crippen LogP contribution in [0.1, 0.15) is 70.6 Å². The summed E-state index contributed by atoms with van der Waals surface area (Å²) in [5.41, 5.74) is 0. The van der Waals surface area contributed by atoms with Gasteiger partial charge in [0.2, 0.25) is 11.8 Å². The number of carbonyl (C=O) groups excluding carboxylic acids is 2. The van der Waals surface area contributed by atoms with E-state index in [0.717, 1.165) is 45.2 Å². The molecule has 0 radical (unpaired) electrons. The maximum absolute atomic E-state index is 12.3. The van der Waals surface area contributed by atoms with Gasteiger partial charge in [-0.05, 0) is 57.4 Å². The van der Waals surface area contributed by atoms with E-state index in [0.29, 0.717) is 18.4 Å². The molecule has 5 nitrogen and oxygen atoms in total. The molecule has 0 bridgehead atoms. The van der Waals surface area contributed by atoms with Gasteiger partial charge < -0.3 is 16.0 Å². The average Bonchev–Trinajstić information content (AvgIpc) is 3.09. The Balaban J connectivity index is 0.00000225. The number of hydrogen-bond donors (Lipinski definition) is 3. The van der Waals surface area contributed by atoms with Crippen molar-refractivity contribution in [1.29, 1.82) is 0 Å². The molecule has 0 spiro atoms. The van der Waals surface area contributed by atoms with Gasteiger partial charge in [0, 0.05) is 31.0 Å². The van der Waals surface area contributed by atoms with E-state index in [1.807, 2.05) is 0 Å². The van der Waals surface area contributed by atoms with Crippen LogP contribution in [0.4, 0.5) is 0 Å². The largest absolute Gasteiger partial charge is 0.353 e. The minimum absolute atomic E-state index is 0. The Morgan fingerprint density at radius 1 is 0.840 bits per heavy atom. The monoisotopic (exact) mass is 371 g/mol. The Bertz CT molecular complexity index is 426. The zero-order valence-electron chi connectivity index (χ0n) is 15.2. The molecule has 2 amide bonds. The van der Waals surface area contributed by atoms with Crippen LogP contribution in [0.2, 0.25) is 0 Å². The van der Waals surface area contributed by atoms with Crippen molar-refractivity contribution in [2.45, 2.75) is 82.7 Å². The van der Waals surface area contributed by atoms with Gasteiger partial charge in [-0.3, -0.25) is 9.59 Å².